The van der Waals surface area contributed by atoms with Crippen LogP contribution in [-0.4, -0.2) is 45.4 Å². The summed E-state index contributed by atoms with van der Waals surface area (Å²) in [6.07, 6.45) is 11.4. The van der Waals surface area contributed by atoms with Crippen LogP contribution in [0, 0.1) is 42.4 Å². The Morgan fingerprint density at radius 1 is 0.400 bits per heavy atom. The molecule has 12 rings (SSSR count). The van der Waals surface area contributed by atoms with Gasteiger partial charge in [-0.05, 0) is 124 Å². The first kappa shape index (κ1) is 117. The molecular weight excluding hydrogens is 1670 g/mol. The van der Waals surface area contributed by atoms with Gasteiger partial charge < -0.3 is 16.1 Å². The number of anilines is 6. The second-order valence-electron chi connectivity index (χ2n) is 17.5. The molecule has 0 saturated heterocycles. The van der Waals surface area contributed by atoms with Gasteiger partial charge in [-0.15, -0.1) is 53.0 Å². The Hall–Kier alpha value is -4.20. The van der Waals surface area contributed by atoms with Gasteiger partial charge in [0.2, 0.25) is 0 Å². The molecule has 9 nitrogen and oxygen atoms in total. The number of nitrogens with zero attached hydrogens (tertiary/aromatic N) is 3. The number of halogens is 2. The molecule has 0 fully saturated rings. The fourth-order valence-corrected chi connectivity index (χ4v) is 8.85. The third-order valence-corrected chi connectivity index (χ3v) is 12.4. The Balaban J connectivity index is -0.000000101. The number of benzene rings is 9. The third kappa shape index (κ3) is 47.9. The number of hydrogen-bond donors (Lipinski definition) is 0. The van der Waals surface area contributed by atoms with Gasteiger partial charge in [0.25, 0.3) is 0 Å². The van der Waals surface area contributed by atoms with E-state index in [0.29, 0.717) is 0 Å². The second kappa shape index (κ2) is 83.7. The van der Waals surface area contributed by atoms with Crippen molar-refractivity contribution >= 4 is 92.5 Å². The first-order chi connectivity index (χ1) is 46.1. The molecule has 0 aliphatic carbocycles. The van der Waals surface area contributed by atoms with Crippen LogP contribution in [0.5, 0.6) is 0 Å². The van der Waals surface area contributed by atoms with Gasteiger partial charge in [-0.2, -0.15) is 102 Å². The van der Waals surface area contributed by atoms with Crippen molar-refractivity contribution in [2.75, 3.05) is 41.7 Å². The zero-order chi connectivity index (χ0) is 71.7. The minimum atomic E-state index is 0. The minimum absolute atomic E-state index is 0. The van der Waals surface area contributed by atoms with E-state index in [0.717, 1.165) is 30.4 Å². The van der Waals surface area contributed by atoms with Crippen LogP contribution in [0.1, 0.15) is 162 Å². The zero-order valence-electron chi connectivity index (χ0n) is 63.2. The van der Waals surface area contributed by atoms with Crippen LogP contribution in [-0.2, 0) is 153 Å². The summed E-state index contributed by atoms with van der Waals surface area (Å²) in [5.74, 6) is 10.1. The van der Waals surface area contributed by atoms with Gasteiger partial charge in [0, 0.05) is 126 Å². The van der Waals surface area contributed by atoms with Gasteiger partial charge in [0.1, 0.15) is 0 Å². The van der Waals surface area contributed by atoms with Crippen molar-refractivity contribution in [3.05, 3.63) is 287 Å². The van der Waals surface area contributed by atoms with E-state index in [1.54, 1.807) is 0 Å². The van der Waals surface area contributed by atoms with Crippen LogP contribution in [0.25, 0.3) is 0 Å². The fourth-order valence-electron chi connectivity index (χ4n) is 8.85. The summed E-state index contributed by atoms with van der Waals surface area (Å²) in [6, 6.07) is 83.8. The molecule has 0 unspecified atom stereocenters. The average molecular weight is 1780 g/mol. The smallest absolute Gasteiger partial charge is 1.00 e. The van der Waals surface area contributed by atoms with Crippen LogP contribution in [0.3, 0.4) is 0 Å². The number of terminal acetylenes is 1. The first-order valence-corrected chi connectivity index (χ1v) is 33.5. The third-order valence-electron chi connectivity index (χ3n) is 12.4. The van der Waals surface area contributed by atoms with Crippen LogP contribution in [0.4, 0.5) is 34.1 Å². The molecular formula is C85H107BrIKN3O6Y3-3. The number of hydrogen-bond acceptors (Lipinski definition) is 9. The Morgan fingerprint density at radius 2 is 0.630 bits per heavy atom. The van der Waals surface area contributed by atoms with Gasteiger partial charge in [-0.3, -0.25) is 0 Å². The van der Waals surface area contributed by atoms with E-state index < -0.39 is 0 Å². The normalized spacial score (nSPS) is 8.80. The second-order valence-corrected chi connectivity index (χ2v) is 17.5. The van der Waals surface area contributed by atoms with Gasteiger partial charge in [-0.1, -0.05) is 270 Å². The van der Waals surface area contributed by atoms with Gasteiger partial charge >= 0.3 is 69.8 Å². The SMILES string of the molecule is C.C#Cc1ccccc1.CBr.CC.CC.CC.CC.CC.CC.CC#Cc1ccccc1.CCCc1ccccc1.CN1c2c[c-]ccc2Cc2ccccc21.CN1c2c[c-]ccc2Cc2ccccc21.CN1c2c[c-]ccc2Cc2ccccc21.I.O=C=O.O=C=O.O=C=O.[H-].[K+].[Y].[Y].[Y]. The number of aryl methyl sites for hydroxylation is 1. The molecule has 100 heavy (non-hydrogen) atoms. The van der Waals surface area contributed by atoms with E-state index in [1.165, 1.54) is 85.9 Å². The van der Waals surface area contributed by atoms with Gasteiger partial charge in [0.05, 0.1) is 0 Å². The molecule has 9 aromatic rings. The Bertz CT molecular complexity index is 3150. The standard InChI is InChI=1S/3C14H12N.C9H12.C9H8.C8H6.6C2H6.CH3Br.3CO2.CH4.HI.K.3Y.H/c3*1-15-13-8-4-2-6-11(13)10-12-7-3-5-9-14(12)15;2*1-2-6-9-7-4-3-5-8-9;1-2-8-6-4-3-5-7-8;7*1-2;3*2-1-3;;;;;;;/h3*2-4,6-9H,10H2,1H3;3-5,7-8H,2,6H2,1H3;3-5,7-8H,1H3;1,3-7H;6*1-2H3;1H3;;;;1H4;1H;;;;;/q3*-1;;;;;;;;;;;;;;;;+1;;;;-1. The molecule has 3 aliphatic heterocycles. The van der Waals surface area contributed by atoms with Crippen molar-refractivity contribution < 1.29 is 180 Å². The summed E-state index contributed by atoms with van der Waals surface area (Å²) >= 11 is 2.94. The molecule has 0 bridgehead atoms. The van der Waals surface area contributed by atoms with Crippen LogP contribution >= 0.6 is 39.9 Å². The summed E-state index contributed by atoms with van der Waals surface area (Å²) in [5.41, 5.74) is 19.6. The van der Waals surface area contributed by atoms with Crippen LogP contribution < -0.4 is 66.1 Å². The quantitative estimate of drug-likeness (QED) is 0.0549. The number of rotatable bonds is 2. The van der Waals surface area contributed by atoms with Crippen LogP contribution in [0.2, 0.25) is 0 Å². The molecule has 0 atom stereocenters. The van der Waals surface area contributed by atoms with E-state index in [1.807, 2.05) is 175 Å². The molecule has 9 aromatic carbocycles. The van der Waals surface area contributed by atoms with Crippen molar-refractivity contribution in [3.63, 3.8) is 0 Å². The van der Waals surface area contributed by atoms with E-state index >= 15 is 0 Å². The Morgan fingerprint density at radius 3 is 0.870 bits per heavy atom. The molecule has 15 heteroatoms. The molecule has 0 spiro atoms. The summed E-state index contributed by atoms with van der Waals surface area (Å²) in [4.78, 5) is 55.5. The first-order valence-electron chi connectivity index (χ1n) is 31.9. The van der Waals surface area contributed by atoms with Crippen molar-refractivity contribution in [2.45, 2.75) is 136 Å². The average Bonchev–Trinajstić information content (AvgIpc) is 0.807. The van der Waals surface area contributed by atoms with E-state index in [2.05, 4.69) is 234 Å². The van der Waals surface area contributed by atoms with Gasteiger partial charge in [0.15, 0.2) is 0 Å². The summed E-state index contributed by atoms with van der Waals surface area (Å²) in [6.45, 7) is 28.0. The molecule has 3 radical (unpaired) electrons. The van der Waals surface area contributed by atoms with E-state index in [4.69, 9.17) is 35.2 Å². The van der Waals surface area contributed by atoms with Crippen molar-refractivity contribution in [1.29, 1.82) is 0 Å². The van der Waals surface area contributed by atoms with Crippen molar-refractivity contribution in [3.8, 4) is 24.2 Å². The number of fused-ring (bicyclic) bond motifs is 6. The maximum atomic E-state index is 8.12. The molecule has 0 saturated carbocycles. The largest absolute Gasteiger partial charge is 1.00 e. The molecule has 3 aliphatic rings. The van der Waals surface area contributed by atoms with Crippen LogP contribution in [0.15, 0.2) is 218 Å². The number of alkyl halides is 1. The minimum Gasteiger partial charge on any atom is -1.00 e. The van der Waals surface area contributed by atoms with Crippen molar-refractivity contribution in [1.82, 2.24) is 0 Å². The maximum absolute atomic E-state index is 8.12. The van der Waals surface area contributed by atoms with E-state index in [-0.39, 0.29) is 201 Å². The van der Waals surface area contributed by atoms with Crippen molar-refractivity contribution in [2.24, 2.45) is 0 Å². The molecule has 3 heterocycles. The number of carbonyl (C=O) groups excluding carboxylic acids is 6. The summed E-state index contributed by atoms with van der Waals surface area (Å²) < 4.78 is 0. The molecule has 0 amide bonds. The number of para-hydroxylation sites is 3. The molecule has 525 valence electrons. The monoisotopic (exact) mass is 1780 g/mol. The predicted molar refractivity (Wildman–Crippen MR) is 423 cm³/mol. The molecule has 0 aromatic heterocycles. The Labute approximate surface area is 750 Å². The molecule has 0 N–H and O–H groups in total. The summed E-state index contributed by atoms with van der Waals surface area (Å²) in [7, 11) is 6.35. The fraction of sp³-hybridized carbons (Fsp3) is 0.282. The topological polar surface area (TPSA) is 112 Å². The maximum Gasteiger partial charge on any atom is 1.00 e. The predicted octanol–water partition coefficient (Wildman–Crippen LogP) is 19.6. The van der Waals surface area contributed by atoms with E-state index in [9.17, 15) is 0 Å². The Kier molecular flexibility index (Phi) is 97.9. The van der Waals surface area contributed by atoms with Gasteiger partial charge in [-0.25, -0.2) is 0 Å². The zero-order valence-corrected chi connectivity index (χ0v) is 77.8. The summed E-state index contributed by atoms with van der Waals surface area (Å²) in [5, 5.41) is 0.